The second-order valence-electron chi connectivity index (χ2n) is 3.70. The Hall–Kier alpha value is -0.570. The van der Waals surface area contributed by atoms with Crippen molar-refractivity contribution in [2.24, 2.45) is 17.3 Å². The summed E-state index contributed by atoms with van der Waals surface area (Å²) in [6.45, 7) is 4.49. The van der Waals surface area contributed by atoms with Crippen molar-refractivity contribution < 1.29 is 14.6 Å². The van der Waals surface area contributed by atoms with Gasteiger partial charge < -0.3 is 9.84 Å². The van der Waals surface area contributed by atoms with Crippen LogP contribution >= 0.6 is 0 Å². The lowest BCUT2D eigenvalue weighted by Gasteiger charge is -1.98. The van der Waals surface area contributed by atoms with Crippen LogP contribution < -0.4 is 0 Å². The van der Waals surface area contributed by atoms with E-state index in [0.717, 1.165) is 0 Å². The van der Waals surface area contributed by atoms with E-state index in [-0.39, 0.29) is 17.3 Å². The molecule has 1 saturated carbocycles. The fourth-order valence-corrected chi connectivity index (χ4v) is 1.73. The standard InChI is InChI=1S/C8H14O3/c1-8(2)5(4-11-3)6(8)7(9)10/h5-6H,4H2,1-3H3,(H,9,10)/t5-,6+/m0/s1. The van der Waals surface area contributed by atoms with Crippen LogP contribution in [0, 0.1) is 17.3 Å². The summed E-state index contributed by atoms with van der Waals surface area (Å²) >= 11 is 0. The topological polar surface area (TPSA) is 46.5 Å². The molecule has 1 rings (SSSR count). The van der Waals surface area contributed by atoms with Gasteiger partial charge in [0.05, 0.1) is 12.5 Å². The highest BCUT2D eigenvalue weighted by atomic mass is 16.5. The van der Waals surface area contributed by atoms with Crippen LogP contribution in [0.5, 0.6) is 0 Å². The Morgan fingerprint density at radius 3 is 2.45 bits per heavy atom. The van der Waals surface area contributed by atoms with Crippen LogP contribution in [-0.2, 0) is 9.53 Å². The summed E-state index contributed by atoms with van der Waals surface area (Å²) in [5.74, 6) is -0.704. The highest BCUT2D eigenvalue weighted by Gasteiger charge is 2.61. The van der Waals surface area contributed by atoms with Crippen molar-refractivity contribution in [2.45, 2.75) is 13.8 Å². The van der Waals surface area contributed by atoms with E-state index in [1.54, 1.807) is 7.11 Å². The molecule has 0 bridgehead atoms. The van der Waals surface area contributed by atoms with Crippen molar-refractivity contribution in [3.8, 4) is 0 Å². The minimum Gasteiger partial charge on any atom is -0.481 e. The molecule has 0 aliphatic heterocycles. The van der Waals surface area contributed by atoms with Crippen LogP contribution in [0.25, 0.3) is 0 Å². The van der Waals surface area contributed by atoms with E-state index in [1.165, 1.54) is 0 Å². The molecule has 0 aromatic carbocycles. The van der Waals surface area contributed by atoms with Crippen LogP contribution in [0.3, 0.4) is 0 Å². The Bertz CT molecular complexity index is 174. The van der Waals surface area contributed by atoms with Crippen molar-refractivity contribution in [2.75, 3.05) is 13.7 Å². The van der Waals surface area contributed by atoms with Crippen LogP contribution in [0.2, 0.25) is 0 Å². The van der Waals surface area contributed by atoms with E-state index >= 15 is 0 Å². The zero-order valence-corrected chi connectivity index (χ0v) is 7.13. The molecule has 0 heterocycles. The first-order chi connectivity index (χ1) is 5.01. The second kappa shape index (κ2) is 2.48. The number of carboxylic acid groups (broad SMARTS) is 1. The van der Waals surface area contributed by atoms with Crippen LogP contribution in [0.4, 0.5) is 0 Å². The van der Waals surface area contributed by atoms with Crippen molar-refractivity contribution in [1.29, 1.82) is 0 Å². The third kappa shape index (κ3) is 1.25. The predicted molar refractivity (Wildman–Crippen MR) is 40.3 cm³/mol. The Morgan fingerprint density at radius 1 is 1.64 bits per heavy atom. The molecule has 0 aromatic rings. The summed E-state index contributed by atoms with van der Waals surface area (Å²) in [7, 11) is 1.60. The molecule has 2 atom stereocenters. The average Bonchev–Trinajstić information content (AvgIpc) is 2.35. The maximum absolute atomic E-state index is 10.6. The van der Waals surface area contributed by atoms with Crippen molar-refractivity contribution in [1.82, 2.24) is 0 Å². The van der Waals surface area contributed by atoms with Crippen LogP contribution in [0.1, 0.15) is 13.8 Å². The number of aliphatic carboxylic acids is 1. The van der Waals surface area contributed by atoms with Gasteiger partial charge >= 0.3 is 5.97 Å². The molecule has 0 spiro atoms. The number of hydrogen-bond acceptors (Lipinski definition) is 2. The molecule has 11 heavy (non-hydrogen) atoms. The number of ether oxygens (including phenoxy) is 1. The monoisotopic (exact) mass is 158 g/mol. The van der Waals surface area contributed by atoms with E-state index in [4.69, 9.17) is 9.84 Å². The van der Waals surface area contributed by atoms with Crippen molar-refractivity contribution in [3.63, 3.8) is 0 Å². The smallest absolute Gasteiger partial charge is 0.307 e. The first-order valence-corrected chi connectivity index (χ1v) is 3.73. The Kier molecular flexibility index (Phi) is 1.92. The Balaban J connectivity index is 2.53. The second-order valence-corrected chi connectivity index (χ2v) is 3.70. The highest BCUT2D eigenvalue weighted by Crippen LogP contribution is 2.58. The number of hydrogen-bond donors (Lipinski definition) is 1. The van der Waals surface area contributed by atoms with E-state index < -0.39 is 5.97 Å². The minimum absolute atomic E-state index is 0.0676. The molecule has 0 amide bonds. The van der Waals surface area contributed by atoms with Gasteiger partial charge in [0, 0.05) is 13.0 Å². The molecule has 1 fully saturated rings. The zero-order valence-electron chi connectivity index (χ0n) is 7.13. The molecule has 3 heteroatoms. The maximum atomic E-state index is 10.6. The van der Waals surface area contributed by atoms with E-state index in [0.29, 0.717) is 6.61 Å². The number of carbonyl (C=O) groups is 1. The summed E-state index contributed by atoms with van der Waals surface area (Å²) < 4.78 is 4.92. The largest absolute Gasteiger partial charge is 0.481 e. The van der Waals surface area contributed by atoms with Gasteiger partial charge in [0.25, 0.3) is 0 Å². The first-order valence-electron chi connectivity index (χ1n) is 3.73. The van der Waals surface area contributed by atoms with Gasteiger partial charge in [0.1, 0.15) is 0 Å². The molecule has 0 radical (unpaired) electrons. The summed E-state index contributed by atoms with van der Waals surface area (Å²) in [4.78, 5) is 10.6. The summed E-state index contributed by atoms with van der Waals surface area (Å²) in [6, 6.07) is 0. The van der Waals surface area contributed by atoms with Gasteiger partial charge in [-0.2, -0.15) is 0 Å². The molecule has 1 aliphatic carbocycles. The third-order valence-electron chi connectivity index (χ3n) is 2.66. The van der Waals surface area contributed by atoms with Gasteiger partial charge in [-0.15, -0.1) is 0 Å². The summed E-state index contributed by atoms with van der Waals surface area (Å²) in [5.41, 5.74) is -0.0676. The third-order valence-corrected chi connectivity index (χ3v) is 2.66. The molecule has 1 aliphatic rings. The zero-order chi connectivity index (χ0) is 8.65. The lowest BCUT2D eigenvalue weighted by Crippen LogP contribution is -2.03. The fourth-order valence-electron chi connectivity index (χ4n) is 1.73. The van der Waals surface area contributed by atoms with Gasteiger partial charge in [-0.25, -0.2) is 0 Å². The van der Waals surface area contributed by atoms with E-state index in [9.17, 15) is 4.79 Å². The lowest BCUT2D eigenvalue weighted by molar-refractivity contribution is -0.139. The van der Waals surface area contributed by atoms with Crippen molar-refractivity contribution in [3.05, 3.63) is 0 Å². The Labute approximate surface area is 66.4 Å². The quantitative estimate of drug-likeness (QED) is 0.666. The van der Waals surface area contributed by atoms with Crippen LogP contribution in [-0.4, -0.2) is 24.8 Å². The molecule has 1 N–H and O–H groups in total. The molecule has 0 saturated heterocycles. The van der Waals surface area contributed by atoms with Gasteiger partial charge in [-0.05, 0) is 5.41 Å². The van der Waals surface area contributed by atoms with Gasteiger partial charge in [0.15, 0.2) is 0 Å². The van der Waals surface area contributed by atoms with Gasteiger partial charge in [-0.3, -0.25) is 4.79 Å². The normalized spacial score (nSPS) is 33.4. The molecule has 0 unspecified atom stereocenters. The summed E-state index contributed by atoms with van der Waals surface area (Å²) in [5, 5.41) is 8.73. The SMILES string of the molecule is COC[C@H]1[C@H](C(=O)O)C1(C)C. The van der Waals surface area contributed by atoms with Gasteiger partial charge in [-0.1, -0.05) is 13.8 Å². The number of rotatable bonds is 3. The molecule has 0 aromatic heterocycles. The predicted octanol–water partition coefficient (Wildman–Crippen LogP) is 0.990. The maximum Gasteiger partial charge on any atom is 0.307 e. The fraction of sp³-hybridized carbons (Fsp3) is 0.875. The Morgan fingerprint density at radius 2 is 2.18 bits per heavy atom. The number of carboxylic acids is 1. The van der Waals surface area contributed by atoms with E-state index in [1.807, 2.05) is 13.8 Å². The highest BCUT2D eigenvalue weighted by molar-refractivity contribution is 5.75. The van der Waals surface area contributed by atoms with E-state index in [2.05, 4.69) is 0 Å². The molecule has 3 nitrogen and oxygen atoms in total. The van der Waals surface area contributed by atoms with Crippen LogP contribution in [0.15, 0.2) is 0 Å². The first kappa shape index (κ1) is 8.53. The van der Waals surface area contributed by atoms with Crippen molar-refractivity contribution >= 4 is 5.97 Å². The molecule has 64 valence electrons. The summed E-state index contributed by atoms with van der Waals surface area (Å²) in [6.07, 6.45) is 0. The van der Waals surface area contributed by atoms with Gasteiger partial charge in [0.2, 0.25) is 0 Å². The molecular weight excluding hydrogens is 144 g/mol. The minimum atomic E-state index is -0.697. The lowest BCUT2D eigenvalue weighted by atomic mass is 10.1. The molecular formula is C8H14O3. The number of methoxy groups -OCH3 is 1. The average molecular weight is 158 g/mol.